The van der Waals surface area contributed by atoms with Crippen LogP contribution in [0.25, 0.3) is 11.4 Å². The Morgan fingerprint density at radius 2 is 1.68 bits per heavy atom. The van der Waals surface area contributed by atoms with E-state index in [1.807, 2.05) is 25.1 Å². The highest BCUT2D eigenvalue weighted by Gasteiger charge is 2.08. The molecule has 0 unspecified atom stereocenters. The molecule has 5 heteroatoms. The van der Waals surface area contributed by atoms with Crippen LogP contribution in [0, 0.1) is 0 Å². The van der Waals surface area contributed by atoms with E-state index in [-0.39, 0.29) is 0 Å². The molecule has 1 aromatic carbocycles. The van der Waals surface area contributed by atoms with Crippen LogP contribution in [0.1, 0.15) is 19.5 Å². The fourth-order valence-electron chi connectivity index (χ4n) is 1.76. The lowest BCUT2D eigenvalue weighted by atomic mass is 10.2. The lowest BCUT2D eigenvalue weighted by molar-refractivity contribution is 0.998. The lowest BCUT2D eigenvalue weighted by Gasteiger charge is -2.08. The van der Waals surface area contributed by atoms with Gasteiger partial charge in [0, 0.05) is 33.9 Å². The second-order valence-corrected chi connectivity index (χ2v) is 4.98. The summed E-state index contributed by atoms with van der Waals surface area (Å²) in [6, 6.07) is 7.29. The SMILES string of the molecule is CCNc1cc(CC)nc(-c2cc(Cl)cc(Cl)c2)n1. The smallest absolute Gasteiger partial charge is 0.161 e. The van der Waals surface area contributed by atoms with Gasteiger partial charge in [-0.25, -0.2) is 9.97 Å². The Labute approximate surface area is 123 Å². The van der Waals surface area contributed by atoms with Crippen molar-refractivity contribution in [3.63, 3.8) is 0 Å². The quantitative estimate of drug-likeness (QED) is 0.906. The van der Waals surface area contributed by atoms with E-state index in [9.17, 15) is 0 Å². The second-order valence-electron chi connectivity index (χ2n) is 4.11. The molecule has 0 radical (unpaired) electrons. The van der Waals surface area contributed by atoms with Gasteiger partial charge in [0.25, 0.3) is 0 Å². The number of anilines is 1. The van der Waals surface area contributed by atoms with Crippen molar-refractivity contribution in [2.75, 3.05) is 11.9 Å². The number of halogens is 2. The van der Waals surface area contributed by atoms with Gasteiger partial charge in [0.1, 0.15) is 5.82 Å². The van der Waals surface area contributed by atoms with Crippen LogP contribution in [0.4, 0.5) is 5.82 Å². The van der Waals surface area contributed by atoms with E-state index in [2.05, 4.69) is 22.2 Å². The van der Waals surface area contributed by atoms with E-state index in [4.69, 9.17) is 23.2 Å². The monoisotopic (exact) mass is 295 g/mol. The summed E-state index contributed by atoms with van der Waals surface area (Å²) in [5.74, 6) is 1.46. The van der Waals surface area contributed by atoms with Gasteiger partial charge in [0.05, 0.1) is 0 Å². The summed E-state index contributed by atoms with van der Waals surface area (Å²) in [6.45, 7) is 4.91. The molecule has 0 aliphatic rings. The molecule has 1 aromatic heterocycles. The number of aryl methyl sites for hydroxylation is 1. The summed E-state index contributed by atoms with van der Waals surface area (Å²) >= 11 is 12.0. The molecule has 100 valence electrons. The average molecular weight is 296 g/mol. The number of nitrogens with one attached hydrogen (secondary N) is 1. The summed E-state index contributed by atoms with van der Waals surface area (Å²) in [5, 5.41) is 4.37. The largest absolute Gasteiger partial charge is 0.370 e. The molecule has 3 nitrogen and oxygen atoms in total. The highest BCUT2D eigenvalue weighted by Crippen LogP contribution is 2.26. The molecule has 2 rings (SSSR count). The summed E-state index contributed by atoms with van der Waals surface area (Å²) in [5.41, 5.74) is 1.81. The first-order valence-electron chi connectivity index (χ1n) is 6.20. The Morgan fingerprint density at radius 1 is 1.00 bits per heavy atom. The Bertz CT molecular complexity index is 565. The van der Waals surface area contributed by atoms with Gasteiger partial charge in [-0.3, -0.25) is 0 Å². The Hall–Kier alpha value is -1.32. The summed E-state index contributed by atoms with van der Waals surface area (Å²) in [6.07, 6.45) is 0.849. The predicted octanol–water partition coefficient (Wildman–Crippen LogP) is 4.44. The first-order chi connectivity index (χ1) is 9.12. The molecule has 2 aromatic rings. The van der Waals surface area contributed by atoms with Crippen molar-refractivity contribution in [3.8, 4) is 11.4 Å². The first kappa shape index (κ1) is 14.1. The van der Waals surface area contributed by atoms with Crippen LogP contribution in [-0.4, -0.2) is 16.5 Å². The highest BCUT2D eigenvalue weighted by atomic mass is 35.5. The third kappa shape index (κ3) is 3.58. The van der Waals surface area contributed by atoms with E-state index in [0.717, 1.165) is 30.0 Å². The molecule has 0 bridgehead atoms. The van der Waals surface area contributed by atoms with E-state index in [1.165, 1.54) is 0 Å². The van der Waals surface area contributed by atoms with Crippen LogP contribution in [0.5, 0.6) is 0 Å². The maximum absolute atomic E-state index is 6.02. The Kier molecular flexibility index (Phi) is 4.61. The summed E-state index contributed by atoms with van der Waals surface area (Å²) in [7, 11) is 0. The Balaban J connectivity index is 2.50. The van der Waals surface area contributed by atoms with Crippen LogP contribution in [0.3, 0.4) is 0 Å². The Morgan fingerprint density at radius 3 is 2.26 bits per heavy atom. The van der Waals surface area contributed by atoms with Gasteiger partial charge in [-0.1, -0.05) is 30.1 Å². The lowest BCUT2D eigenvalue weighted by Crippen LogP contribution is -2.03. The maximum atomic E-state index is 6.02. The van der Waals surface area contributed by atoms with Crippen LogP contribution < -0.4 is 5.32 Å². The average Bonchev–Trinajstić information content (AvgIpc) is 2.37. The van der Waals surface area contributed by atoms with Gasteiger partial charge in [-0.15, -0.1) is 0 Å². The molecule has 0 saturated heterocycles. The molecule has 0 aliphatic heterocycles. The fraction of sp³-hybridized carbons (Fsp3) is 0.286. The maximum Gasteiger partial charge on any atom is 0.161 e. The molecule has 1 N–H and O–H groups in total. The van der Waals surface area contributed by atoms with Gasteiger partial charge in [0.15, 0.2) is 5.82 Å². The molecule has 0 atom stereocenters. The van der Waals surface area contributed by atoms with E-state index in [0.29, 0.717) is 15.9 Å². The van der Waals surface area contributed by atoms with Gasteiger partial charge in [-0.2, -0.15) is 0 Å². The first-order valence-corrected chi connectivity index (χ1v) is 6.96. The normalized spacial score (nSPS) is 10.5. The van der Waals surface area contributed by atoms with Gasteiger partial charge < -0.3 is 5.32 Å². The standard InChI is InChI=1S/C14H15Cl2N3/c1-3-12-8-13(17-4-2)19-14(18-12)9-5-10(15)7-11(16)6-9/h5-8H,3-4H2,1-2H3,(H,17,18,19). The zero-order valence-corrected chi connectivity index (χ0v) is 12.4. The van der Waals surface area contributed by atoms with Crippen molar-refractivity contribution in [3.05, 3.63) is 40.0 Å². The van der Waals surface area contributed by atoms with Crippen molar-refractivity contribution in [2.45, 2.75) is 20.3 Å². The number of rotatable bonds is 4. The van der Waals surface area contributed by atoms with Crippen LogP contribution in [-0.2, 0) is 6.42 Å². The number of hydrogen-bond acceptors (Lipinski definition) is 3. The summed E-state index contributed by atoms with van der Waals surface area (Å²) in [4.78, 5) is 9.00. The minimum absolute atomic E-state index is 0.581. The van der Waals surface area contributed by atoms with E-state index < -0.39 is 0 Å². The van der Waals surface area contributed by atoms with Crippen molar-refractivity contribution >= 4 is 29.0 Å². The third-order valence-corrected chi connectivity index (χ3v) is 3.06. The topological polar surface area (TPSA) is 37.8 Å². The van der Waals surface area contributed by atoms with Crippen LogP contribution >= 0.6 is 23.2 Å². The predicted molar refractivity (Wildman–Crippen MR) is 81.0 cm³/mol. The number of hydrogen-bond donors (Lipinski definition) is 1. The van der Waals surface area contributed by atoms with Crippen LogP contribution in [0.2, 0.25) is 10.0 Å². The van der Waals surface area contributed by atoms with Crippen LogP contribution in [0.15, 0.2) is 24.3 Å². The molecule has 19 heavy (non-hydrogen) atoms. The number of benzene rings is 1. The van der Waals surface area contributed by atoms with Crippen molar-refractivity contribution in [2.24, 2.45) is 0 Å². The molecular weight excluding hydrogens is 281 g/mol. The minimum Gasteiger partial charge on any atom is -0.370 e. The molecule has 0 amide bonds. The molecule has 0 saturated carbocycles. The van der Waals surface area contributed by atoms with E-state index in [1.54, 1.807) is 6.07 Å². The molecule has 0 spiro atoms. The third-order valence-electron chi connectivity index (χ3n) is 2.62. The number of aromatic nitrogens is 2. The fourth-order valence-corrected chi connectivity index (χ4v) is 2.29. The number of nitrogens with zero attached hydrogens (tertiary/aromatic N) is 2. The molecule has 0 aliphatic carbocycles. The second kappa shape index (κ2) is 6.22. The van der Waals surface area contributed by atoms with E-state index >= 15 is 0 Å². The highest BCUT2D eigenvalue weighted by molar-refractivity contribution is 6.35. The zero-order valence-electron chi connectivity index (χ0n) is 10.9. The van der Waals surface area contributed by atoms with Gasteiger partial charge in [0.2, 0.25) is 0 Å². The van der Waals surface area contributed by atoms with Gasteiger partial charge in [-0.05, 0) is 31.5 Å². The molecular formula is C14H15Cl2N3. The molecule has 0 fully saturated rings. The minimum atomic E-state index is 0.581. The summed E-state index contributed by atoms with van der Waals surface area (Å²) < 4.78 is 0. The van der Waals surface area contributed by atoms with Crippen molar-refractivity contribution < 1.29 is 0 Å². The zero-order chi connectivity index (χ0) is 13.8. The molecule has 1 heterocycles. The van der Waals surface area contributed by atoms with Crippen molar-refractivity contribution in [1.29, 1.82) is 0 Å². The van der Waals surface area contributed by atoms with Crippen molar-refractivity contribution in [1.82, 2.24) is 9.97 Å². The van der Waals surface area contributed by atoms with Gasteiger partial charge >= 0.3 is 0 Å².